The van der Waals surface area contributed by atoms with Crippen molar-refractivity contribution in [2.45, 2.75) is 0 Å². The van der Waals surface area contributed by atoms with Crippen molar-refractivity contribution in [3.8, 4) is 17.2 Å². The standard InChI is InChI=1S/C23H22Cl2N4O4/c1-31-20-8-14(9-21(32-2)23(20)33-3)28-18-6-7-27-12-13(18)4-5-22(30)29-19-11-16(25)15(24)10-17(19)26/h4-12H,26H2,1-3H3,(H,27,28)(H,29,30)/b5-4+. The van der Waals surface area contributed by atoms with Crippen LogP contribution in [0.5, 0.6) is 17.2 Å². The zero-order chi connectivity index (χ0) is 24.0. The molecule has 0 atom stereocenters. The van der Waals surface area contributed by atoms with E-state index in [1.54, 1.807) is 50.9 Å². The molecule has 8 nitrogen and oxygen atoms in total. The Balaban J connectivity index is 1.82. The zero-order valence-electron chi connectivity index (χ0n) is 18.1. The molecule has 0 saturated carbocycles. The van der Waals surface area contributed by atoms with Crippen LogP contribution in [0.2, 0.25) is 10.0 Å². The number of halogens is 2. The number of benzene rings is 2. The van der Waals surface area contributed by atoms with E-state index in [9.17, 15) is 4.79 Å². The molecule has 0 aliphatic carbocycles. The van der Waals surface area contributed by atoms with Gasteiger partial charge in [-0.2, -0.15) is 0 Å². The minimum atomic E-state index is -0.400. The lowest BCUT2D eigenvalue weighted by Gasteiger charge is -2.16. The van der Waals surface area contributed by atoms with Gasteiger partial charge in [0, 0.05) is 47.5 Å². The summed E-state index contributed by atoms with van der Waals surface area (Å²) in [5, 5.41) is 6.55. The van der Waals surface area contributed by atoms with Gasteiger partial charge in [0.2, 0.25) is 11.7 Å². The van der Waals surface area contributed by atoms with Gasteiger partial charge in [0.25, 0.3) is 0 Å². The predicted molar refractivity (Wildman–Crippen MR) is 132 cm³/mol. The quantitative estimate of drug-likeness (QED) is 0.288. The molecule has 172 valence electrons. The third-order valence-corrected chi connectivity index (χ3v) is 5.28. The summed E-state index contributed by atoms with van der Waals surface area (Å²) in [5.74, 6) is 1.09. The van der Waals surface area contributed by atoms with Crippen molar-refractivity contribution >= 4 is 57.9 Å². The smallest absolute Gasteiger partial charge is 0.248 e. The van der Waals surface area contributed by atoms with Crippen LogP contribution in [0.15, 0.2) is 48.8 Å². The van der Waals surface area contributed by atoms with Crippen LogP contribution in [0.25, 0.3) is 6.08 Å². The number of hydrogen-bond donors (Lipinski definition) is 3. The molecule has 3 aromatic rings. The second-order valence-corrected chi connectivity index (χ2v) is 7.49. The first-order valence-electron chi connectivity index (χ1n) is 9.61. The van der Waals surface area contributed by atoms with Crippen molar-refractivity contribution in [3.63, 3.8) is 0 Å². The number of nitrogens with two attached hydrogens (primary N) is 1. The summed E-state index contributed by atoms with van der Waals surface area (Å²) in [6, 6.07) is 8.29. The number of ether oxygens (including phenoxy) is 3. The highest BCUT2D eigenvalue weighted by molar-refractivity contribution is 6.42. The number of carbonyl (C=O) groups excluding carboxylic acids is 1. The van der Waals surface area contributed by atoms with Crippen LogP contribution < -0.4 is 30.6 Å². The van der Waals surface area contributed by atoms with Crippen LogP contribution in [-0.2, 0) is 4.79 Å². The highest BCUT2D eigenvalue weighted by Gasteiger charge is 2.14. The number of carbonyl (C=O) groups is 1. The lowest BCUT2D eigenvalue weighted by molar-refractivity contribution is -0.111. The maximum atomic E-state index is 12.4. The summed E-state index contributed by atoms with van der Waals surface area (Å²) in [6.07, 6.45) is 6.24. The van der Waals surface area contributed by atoms with E-state index in [-0.39, 0.29) is 5.02 Å². The van der Waals surface area contributed by atoms with Gasteiger partial charge in [0.1, 0.15) is 0 Å². The van der Waals surface area contributed by atoms with Gasteiger partial charge in [-0.15, -0.1) is 0 Å². The molecule has 0 fully saturated rings. The molecule has 1 aromatic heterocycles. The molecule has 0 radical (unpaired) electrons. The van der Waals surface area contributed by atoms with Crippen molar-refractivity contribution in [1.82, 2.24) is 4.98 Å². The summed E-state index contributed by atoms with van der Waals surface area (Å²) in [5.41, 5.74) is 8.63. The van der Waals surface area contributed by atoms with E-state index < -0.39 is 5.91 Å². The fraction of sp³-hybridized carbons (Fsp3) is 0.130. The minimum Gasteiger partial charge on any atom is -0.493 e. The number of pyridine rings is 1. The van der Waals surface area contributed by atoms with E-state index in [1.165, 1.54) is 25.3 Å². The average molecular weight is 489 g/mol. The third-order valence-electron chi connectivity index (χ3n) is 4.56. The average Bonchev–Trinajstić information content (AvgIpc) is 2.81. The van der Waals surface area contributed by atoms with Crippen LogP contribution in [0.3, 0.4) is 0 Å². The summed E-state index contributed by atoms with van der Waals surface area (Å²) in [6.45, 7) is 0. The Morgan fingerprint density at radius 2 is 1.67 bits per heavy atom. The van der Waals surface area contributed by atoms with Crippen LogP contribution in [0.4, 0.5) is 22.7 Å². The molecular formula is C23H22Cl2N4O4. The molecule has 0 aliphatic heterocycles. The van der Waals surface area contributed by atoms with E-state index in [4.69, 9.17) is 43.1 Å². The van der Waals surface area contributed by atoms with Gasteiger partial charge in [-0.05, 0) is 24.3 Å². The molecule has 4 N–H and O–H groups in total. The number of nitrogens with zero attached hydrogens (tertiary/aromatic N) is 1. The Hall–Kier alpha value is -3.62. The van der Waals surface area contributed by atoms with Gasteiger partial charge in [0.05, 0.1) is 42.7 Å². The molecule has 0 saturated heterocycles. The molecule has 1 amide bonds. The summed E-state index contributed by atoms with van der Waals surface area (Å²) in [7, 11) is 4.62. The predicted octanol–water partition coefficient (Wildman–Crippen LogP) is 5.39. The van der Waals surface area contributed by atoms with Gasteiger partial charge in [-0.3, -0.25) is 9.78 Å². The van der Waals surface area contributed by atoms with E-state index in [1.807, 2.05) is 0 Å². The van der Waals surface area contributed by atoms with Crippen molar-refractivity contribution < 1.29 is 19.0 Å². The first-order valence-corrected chi connectivity index (χ1v) is 10.4. The Bertz CT molecular complexity index is 1180. The maximum absolute atomic E-state index is 12.4. The Labute approximate surface area is 201 Å². The second-order valence-electron chi connectivity index (χ2n) is 6.68. The van der Waals surface area contributed by atoms with Gasteiger partial charge in [-0.1, -0.05) is 23.2 Å². The minimum absolute atomic E-state index is 0.286. The van der Waals surface area contributed by atoms with Crippen LogP contribution >= 0.6 is 23.2 Å². The molecule has 0 spiro atoms. The van der Waals surface area contributed by atoms with E-state index in [2.05, 4.69) is 15.6 Å². The van der Waals surface area contributed by atoms with Gasteiger partial charge in [0.15, 0.2) is 11.5 Å². The molecule has 33 heavy (non-hydrogen) atoms. The van der Waals surface area contributed by atoms with Crippen molar-refractivity contribution in [2.75, 3.05) is 37.7 Å². The van der Waals surface area contributed by atoms with Crippen molar-refractivity contribution in [2.24, 2.45) is 0 Å². The number of amides is 1. The molecule has 10 heteroatoms. The van der Waals surface area contributed by atoms with Gasteiger partial charge >= 0.3 is 0 Å². The number of nitrogens with one attached hydrogen (secondary N) is 2. The fourth-order valence-electron chi connectivity index (χ4n) is 2.97. The van der Waals surface area contributed by atoms with Crippen molar-refractivity contribution in [1.29, 1.82) is 0 Å². The molecule has 2 aromatic carbocycles. The Morgan fingerprint density at radius 3 is 2.30 bits per heavy atom. The SMILES string of the molecule is COc1cc(Nc2ccncc2/C=C/C(=O)Nc2cc(Cl)c(Cl)cc2N)cc(OC)c1OC. The molecule has 3 rings (SSSR count). The molecular weight excluding hydrogens is 467 g/mol. The molecule has 0 unspecified atom stereocenters. The lowest BCUT2D eigenvalue weighted by Crippen LogP contribution is -2.09. The fourth-order valence-corrected chi connectivity index (χ4v) is 3.31. The van der Waals surface area contributed by atoms with Crippen molar-refractivity contribution in [3.05, 3.63) is 64.4 Å². The van der Waals surface area contributed by atoms with Crippen LogP contribution in [0.1, 0.15) is 5.56 Å². The number of nitrogen functional groups attached to an aromatic ring is 1. The number of methoxy groups -OCH3 is 3. The largest absolute Gasteiger partial charge is 0.493 e. The maximum Gasteiger partial charge on any atom is 0.248 e. The summed E-state index contributed by atoms with van der Waals surface area (Å²) in [4.78, 5) is 16.6. The first-order chi connectivity index (χ1) is 15.9. The summed E-state index contributed by atoms with van der Waals surface area (Å²) < 4.78 is 16.1. The van der Waals surface area contributed by atoms with Crippen LogP contribution in [0, 0.1) is 0 Å². The highest BCUT2D eigenvalue weighted by atomic mass is 35.5. The lowest BCUT2D eigenvalue weighted by atomic mass is 10.2. The first kappa shape index (κ1) is 24.0. The number of hydrogen-bond acceptors (Lipinski definition) is 7. The van der Waals surface area contributed by atoms with Crippen LogP contribution in [-0.4, -0.2) is 32.2 Å². The van der Waals surface area contributed by atoms with Gasteiger partial charge in [-0.25, -0.2) is 0 Å². The number of rotatable bonds is 8. The molecule has 0 bridgehead atoms. The Kier molecular flexibility index (Phi) is 7.87. The highest BCUT2D eigenvalue weighted by Crippen LogP contribution is 2.41. The van der Waals surface area contributed by atoms with E-state index >= 15 is 0 Å². The second kappa shape index (κ2) is 10.8. The van der Waals surface area contributed by atoms with E-state index in [0.717, 1.165) is 0 Å². The summed E-state index contributed by atoms with van der Waals surface area (Å²) >= 11 is 11.9. The normalized spacial score (nSPS) is 10.7. The Morgan fingerprint density at radius 1 is 1.00 bits per heavy atom. The topological polar surface area (TPSA) is 108 Å². The number of aromatic nitrogens is 1. The number of anilines is 4. The van der Waals surface area contributed by atoms with Gasteiger partial charge < -0.3 is 30.6 Å². The third kappa shape index (κ3) is 5.79. The van der Waals surface area contributed by atoms with E-state index in [0.29, 0.717) is 50.6 Å². The monoisotopic (exact) mass is 488 g/mol. The molecule has 0 aliphatic rings. The zero-order valence-corrected chi connectivity index (χ0v) is 19.6. The molecule has 1 heterocycles.